The van der Waals surface area contributed by atoms with E-state index < -0.39 is 0 Å². The molecule has 0 saturated carbocycles. The Bertz CT molecular complexity index is 402. The van der Waals surface area contributed by atoms with Crippen LogP contribution in [-0.2, 0) is 9.53 Å². The minimum Gasteiger partial charge on any atom is -0.456 e. The second-order valence-corrected chi connectivity index (χ2v) is 3.38. The van der Waals surface area contributed by atoms with E-state index in [1.54, 1.807) is 12.1 Å². The normalized spacial score (nSPS) is 24.7. The highest BCUT2D eigenvalue weighted by Gasteiger charge is 2.39. The fraction of sp³-hybridized carbons (Fsp3) is 0.273. The van der Waals surface area contributed by atoms with E-state index in [9.17, 15) is 4.79 Å². The summed E-state index contributed by atoms with van der Waals surface area (Å²) in [5, 5.41) is 8.60. The molecule has 1 aromatic rings. The van der Waals surface area contributed by atoms with Crippen molar-refractivity contribution in [1.29, 1.82) is 5.26 Å². The Morgan fingerprint density at radius 1 is 1.36 bits per heavy atom. The number of carbonyl (C=O) groups is 1. The number of carbonyl (C=O) groups excluding carboxylic acids is 1. The Morgan fingerprint density at radius 2 is 2.00 bits per heavy atom. The van der Waals surface area contributed by atoms with Crippen LogP contribution in [0.2, 0.25) is 0 Å². The van der Waals surface area contributed by atoms with Gasteiger partial charge in [-0.3, -0.25) is 4.79 Å². The lowest BCUT2D eigenvalue weighted by molar-refractivity contribution is -0.183. The molecular formula is C11H9NO2. The molecule has 0 aromatic heterocycles. The molecule has 0 unspecified atom stereocenters. The Hall–Kier alpha value is -1.82. The van der Waals surface area contributed by atoms with E-state index in [-0.39, 0.29) is 18.0 Å². The lowest BCUT2D eigenvalue weighted by Crippen LogP contribution is -2.36. The number of nitrogens with zero attached hydrogens (tertiary/aromatic N) is 1. The van der Waals surface area contributed by atoms with Crippen LogP contribution in [-0.4, -0.2) is 5.97 Å². The molecule has 2 rings (SSSR count). The lowest BCUT2D eigenvalue weighted by atomic mass is 9.92. The molecule has 1 aromatic carbocycles. The van der Waals surface area contributed by atoms with Crippen LogP contribution < -0.4 is 0 Å². The summed E-state index contributed by atoms with van der Waals surface area (Å²) in [5.74, 6) is -0.220. The van der Waals surface area contributed by atoms with Crippen LogP contribution in [0.4, 0.5) is 0 Å². The summed E-state index contributed by atoms with van der Waals surface area (Å²) < 4.78 is 4.99. The molecule has 14 heavy (non-hydrogen) atoms. The lowest BCUT2D eigenvalue weighted by Gasteiger charge is -2.32. The van der Waals surface area contributed by atoms with Crippen LogP contribution in [0.1, 0.15) is 24.2 Å². The quantitative estimate of drug-likeness (QED) is 0.630. The minimum absolute atomic E-state index is 0.0667. The molecular weight excluding hydrogens is 178 g/mol. The molecule has 1 saturated heterocycles. The number of hydrogen-bond donors (Lipinski definition) is 0. The molecule has 1 fully saturated rings. The highest BCUT2D eigenvalue weighted by atomic mass is 16.6. The average molecular weight is 187 g/mol. The third kappa shape index (κ3) is 1.25. The maximum atomic E-state index is 10.9. The topological polar surface area (TPSA) is 50.1 Å². The van der Waals surface area contributed by atoms with Gasteiger partial charge in [-0.05, 0) is 24.6 Å². The van der Waals surface area contributed by atoms with Crippen LogP contribution in [0.5, 0.6) is 0 Å². The van der Waals surface area contributed by atoms with Gasteiger partial charge in [-0.2, -0.15) is 5.26 Å². The monoisotopic (exact) mass is 187 g/mol. The third-order valence-corrected chi connectivity index (χ3v) is 2.44. The Labute approximate surface area is 81.9 Å². The van der Waals surface area contributed by atoms with E-state index in [4.69, 9.17) is 10.00 Å². The molecule has 70 valence electrons. The molecule has 1 heterocycles. The fourth-order valence-electron chi connectivity index (χ4n) is 1.49. The van der Waals surface area contributed by atoms with Crippen molar-refractivity contribution in [1.82, 2.24) is 0 Å². The number of hydrogen-bond acceptors (Lipinski definition) is 3. The van der Waals surface area contributed by atoms with Crippen LogP contribution in [0.3, 0.4) is 0 Å². The zero-order valence-electron chi connectivity index (χ0n) is 7.73. The van der Waals surface area contributed by atoms with E-state index in [1.807, 2.05) is 25.1 Å². The van der Waals surface area contributed by atoms with Gasteiger partial charge in [0.15, 0.2) is 0 Å². The van der Waals surface area contributed by atoms with Crippen molar-refractivity contribution in [3.63, 3.8) is 0 Å². The van der Waals surface area contributed by atoms with Gasteiger partial charge in [-0.25, -0.2) is 0 Å². The molecule has 0 amide bonds. The number of esters is 1. The van der Waals surface area contributed by atoms with Crippen LogP contribution in [0.25, 0.3) is 0 Å². The predicted molar refractivity (Wildman–Crippen MR) is 49.2 cm³/mol. The number of rotatable bonds is 1. The average Bonchev–Trinajstić information content (AvgIpc) is 2.25. The smallest absolute Gasteiger partial charge is 0.313 e. The van der Waals surface area contributed by atoms with Gasteiger partial charge in [-0.1, -0.05) is 12.1 Å². The van der Waals surface area contributed by atoms with Gasteiger partial charge in [0.2, 0.25) is 0 Å². The van der Waals surface area contributed by atoms with Crippen molar-refractivity contribution in [2.75, 3.05) is 0 Å². The summed E-state index contributed by atoms with van der Waals surface area (Å²) in [7, 11) is 0. The van der Waals surface area contributed by atoms with Crippen molar-refractivity contribution < 1.29 is 9.53 Å². The van der Waals surface area contributed by atoms with E-state index in [2.05, 4.69) is 0 Å². The molecule has 0 aliphatic carbocycles. The molecule has 1 aliphatic heterocycles. The molecule has 3 nitrogen and oxygen atoms in total. The molecule has 0 bridgehead atoms. The van der Waals surface area contributed by atoms with Gasteiger partial charge >= 0.3 is 5.97 Å². The van der Waals surface area contributed by atoms with Crippen LogP contribution in [0.15, 0.2) is 24.3 Å². The molecule has 2 atom stereocenters. The van der Waals surface area contributed by atoms with Gasteiger partial charge in [0.1, 0.15) is 6.10 Å². The highest BCUT2D eigenvalue weighted by Crippen LogP contribution is 2.36. The van der Waals surface area contributed by atoms with Gasteiger partial charge in [0.25, 0.3) is 0 Å². The summed E-state index contributed by atoms with van der Waals surface area (Å²) in [4.78, 5) is 10.9. The van der Waals surface area contributed by atoms with E-state index in [1.165, 1.54) is 0 Å². The van der Waals surface area contributed by atoms with Crippen molar-refractivity contribution >= 4 is 5.97 Å². The van der Waals surface area contributed by atoms with Crippen molar-refractivity contribution in [2.45, 2.75) is 13.0 Å². The van der Waals surface area contributed by atoms with Crippen molar-refractivity contribution in [3.8, 4) is 6.07 Å². The van der Waals surface area contributed by atoms with Crippen molar-refractivity contribution in [3.05, 3.63) is 35.4 Å². The van der Waals surface area contributed by atoms with Gasteiger partial charge < -0.3 is 4.74 Å². The summed E-state index contributed by atoms with van der Waals surface area (Å²) in [6, 6.07) is 9.15. The summed E-state index contributed by atoms with van der Waals surface area (Å²) >= 11 is 0. The number of ether oxygens (including phenoxy) is 1. The van der Waals surface area contributed by atoms with Gasteiger partial charge in [0, 0.05) is 0 Å². The zero-order valence-corrected chi connectivity index (χ0v) is 7.73. The zero-order chi connectivity index (χ0) is 10.1. The van der Waals surface area contributed by atoms with Gasteiger partial charge in [0.05, 0.1) is 17.6 Å². The fourth-order valence-corrected chi connectivity index (χ4v) is 1.49. The number of benzene rings is 1. The maximum absolute atomic E-state index is 10.9. The minimum atomic E-state index is -0.153. The largest absolute Gasteiger partial charge is 0.456 e. The van der Waals surface area contributed by atoms with Crippen molar-refractivity contribution in [2.24, 2.45) is 5.92 Å². The first-order chi connectivity index (χ1) is 6.72. The van der Waals surface area contributed by atoms with Gasteiger partial charge in [-0.15, -0.1) is 0 Å². The summed E-state index contributed by atoms with van der Waals surface area (Å²) in [5.41, 5.74) is 1.57. The van der Waals surface area contributed by atoms with E-state index >= 15 is 0 Å². The van der Waals surface area contributed by atoms with E-state index in [0.717, 1.165) is 5.56 Å². The molecule has 1 aliphatic rings. The molecule has 0 spiro atoms. The second kappa shape index (κ2) is 3.15. The first kappa shape index (κ1) is 8.76. The van der Waals surface area contributed by atoms with E-state index in [0.29, 0.717) is 5.56 Å². The SMILES string of the molecule is C[C@H]1C(=O)O[C@@H]1c1ccc(C#N)cc1. The Morgan fingerprint density at radius 3 is 2.43 bits per heavy atom. The highest BCUT2D eigenvalue weighted by molar-refractivity contribution is 5.78. The predicted octanol–water partition coefficient (Wildman–Crippen LogP) is 1.79. The standard InChI is InChI=1S/C11H9NO2/c1-7-10(14-11(7)13)9-4-2-8(6-12)3-5-9/h2-5,7,10H,1H3/t7-,10+/m1/s1. The number of nitriles is 1. The first-order valence-corrected chi connectivity index (χ1v) is 4.43. The number of cyclic esters (lactones) is 1. The van der Waals surface area contributed by atoms with Crippen LogP contribution in [0, 0.1) is 17.2 Å². The molecule has 0 N–H and O–H groups in total. The summed E-state index contributed by atoms with van der Waals surface area (Å²) in [6.45, 7) is 1.84. The first-order valence-electron chi connectivity index (χ1n) is 4.43. The Kier molecular flexibility index (Phi) is 1.97. The molecule has 0 radical (unpaired) electrons. The summed E-state index contributed by atoms with van der Waals surface area (Å²) in [6.07, 6.45) is -0.129. The third-order valence-electron chi connectivity index (χ3n) is 2.44. The van der Waals surface area contributed by atoms with Crippen LogP contribution >= 0.6 is 0 Å². The second-order valence-electron chi connectivity index (χ2n) is 3.38. The molecule has 3 heteroatoms. The Balaban J connectivity index is 2.19. The maximum Gasteiger partial charge on any atom is 0.313 e.